The van der Waals surface area contributed by atoms with E-state index in [4.69, 9.17) is 4.74 Å². The quantitative estimate of drug-likeness (QED) is 0.653. The van der Waals surface area contributed by atoms with Crippen LogP contribution in [0.3, 0.4) is 0 Å². The first-order chi connectivity index (χ1) is 8.33. The average Bonchev–Trinajstić information content (AvgIpc) is 3.08. The largest absolute Gasteiger partial charge is 0.372 e. The van der Waals surface area contributed by atoms with Gasteiger partial charge in [0.05, 0.1) is 12.2 Å². The van der Waals surface area contributed by atoms with Crippen LogP contribution in [0.15, 0.2) is 12.7 Å². The van der Waals surface area contributed by atoms with Crippen molar-refractivity contribution in [3.05, 3.63) is 12.7 Å². The van der Waals surface area contributed by atoms with Crippen LogP contribution < -0.4 is 5.32 Å². The highest BCUT2D eigenvalue weighted by atomic mass is 16.5. The van der Waals surface area contributed by atoms with Crippen LogP contribution in [0, 0.1) is 0 Å². The number of rotatable bonds is 8. The van der Waals surface area contributed by atoms with Crippen LogP contribution in [0.5, 0.6) is 0 Å². The van der Waals surface area contributed by atoms with E-state index >= 15 is 0 Å². The molecular formula is C14H26N2O. The van der Waals surface area contributed by atoms with Gasteiger partial charge in [-0.25, -0.2) is 0 Å². The van der Waals surface area contributed by atoms with Gasteiger partial charge >= 0.3 is 0 Å². The second-order valence-corrected chi connectivity index (χ2v) is 5.24. The minimum atomic E-state index is 0.435. The van der Waals surface area contributed by atoms with Gasteiger partial charge in [0, 0.05) is 25.7 Å². The maximum atomic E-state index is 6.08. The molecule has 2 unspecified atom stereocenters. The molecule has 0 aromatic rings. The summed E-state index contributed by atoms with van der Waals surface area (Å²) >= 11 is 0. The van der Waals surface area contributed by atoms with E-state index in [0.29, 0.717) is 12.2 Å². The fourth-order valence-corrected chi connectivity index (χ4v) is 2.61. The number of nitrogens with zero attached hydrogens (tertiary/aromatic N) is 1. The average molecular weight is 238 g/mol. The van der Waals surface area contributed by atoms with Gasteiger partial charge in [-0.1, -0.05) is 13.0 Å². The molecule has 0 aromatic heterocycles. The van der Waals surface area contributed by atoms with Crippen molar-refractivity contribution >= 4 is 0 Å². The van der Waals surface area contributed by atoms with Crippen molar-refractivity contribution < 1.29 is 4.74 Å². The Morgan fingerprint density at radius 3 is 2.71 bits per heavy atom. The van der Waals surface area contributed by atoms with E-state index in [1.54, 1.807) is 0 Å². The smallest absolute Gasteiger partial charge is 0.0707 e. The molecule has 1 N–H and O–H groups in total. The van der Waals surface area contributed by atoms with Gasteiger partial charge in [0.1, 0.15) is 0 Å². The van der Waals surface area contributed by atoms with Crippen LogP contribution in [0.2, 0.25) is 0 Å². The second kappa shape index (κ2) is 6.53. The predicted octanol–water partition coefficient (Wildman–Crippen LogP) is 1.79. The topological polar surface area (TPSA) is 24.5 Å². The molecule has 0 bridgehead atoms. The minimum Gasteiger partial charge on any atom is -0.372 e. The molecule has 98 valence electrons. The second-order valence-electron chi connectivity index (χ2n) is 5.24. The number of hydrogen-bond donors (Lipinski definition) is 1. The van der Waals surface area contributed by atoms with Crippen LogP contribution >= 0.6 is 0 Å². The van der Waals surface area contributed by atoms with Crippen molar-refractivity contribution in [1.29, 1.82) is 0 Å². The first-order valence-electron chi connectivity index (χ1n) is 7.04. The molecule has 2 rings (SSSR count). The molecule has 1 aliphatic heterocycles. The van der Waals surface area contributed by atoms with E-state index in [1.165, 1.54) is 25.7 Å². The van der Waals surface area contributed by atoms with E-state index in [2.05, 4.69) is 23.7 Å². The summed E-state index contributed by atoms with van der Waals surface area (Å²) in [6, 6.07) is 0.810. The summed E-state index contributed by atoms with van der Waals surface area (Å²) in [4.78, 5) is 2.54. The highest BCUT2D eigenvalue weighted by molar-refractivity contribution is 4.90. The van der Waals surface area contributed by atoms with Gasteiger partial charge < -0.3 is 10.1 Å². The molecule has 17 heavy (non-hydrogen) atoms. The molecule has 2 atom stereocenters. The van der Waals surface area contributed by atoms with Gasteiger partial charge in [0.25, 0.3) is 0 Å². The molecule has 0 spiro atoms. The number of hydrogen-bond acceptors (Lipinski definition) is 3. The Morgan fingerprint density at radius 2 is 2.06 bits per heavy atom. The molecule has 0 aromatic carbocycles. The zero-order valence-electron chi connectivity index (χ0n) is 11.0. The molecule has 0 amide bonds. The SMILES string of the molecule is C=CCN(CC1CCC(CNCC)O1)C1CC1. The minimum absolute atomic E-state index is 0.435. The van der Waals surface area contributed by atoms with Crippen molar-refractivity contribution in [3.63, 3.8) is 0 Å². The standard InChI is InChI=1S/C14H26N2O/c1-3-9-16(12-5-6-12)11-14-8-7-13(17-14)10-15-4-2/h3,12-15H,1,4-11H2,2H3. The number of ether oxygens (including phenoxy) is 1. The third kappa shape index (κ3) is 4.09. The van der Waals surface area contributed by atoms with E-state index in [9.17, 15) is 0 Å². The monoisotopic (exact) mass is 238 g/mol. The van der Waals surface area contributed by atoms with Gasteiger partial charge in [-0.3, -0.25) is 4.90 Å². The van der Waals surface area contributed by atoms with E-state index < -0.39 is 0 Å². The van der Waals surface area contributed by atoms with Gasteiger partial charge in [0.15, 0.2) is 0 Å². The lowest BCUT2D eigenvalue weighted by Gasteiger charge is -2.24. The Labute approximate surface area is 105 Å². The highest BCUT2D eigenvalue weighted by Gasteiger charge is 2.32. The Balaban J connectivity index is 1.70. The first-order valence-corrected chi connectivity index (χ1v) is 7.04. The molecule has 1 saturated heterocycles. The third-order valence-electron chi connectivity index (χ3n) is 3.68. The van der Waals surface area contributed by atoms with Crippen molar-refractivity contribution in [1.82, 2.24) is 10.2 Å². The van der Waals surface area contributed by atoms with E-state index in [0.717, 1.165) is 32.2 Å². The molecule has 1 aliphatic carbocycles. The van der Waals surface area contributed by atoms with E-state index in [1.807, 2.05) is 6.08 Å². The van der Waals surface area contributed by atoms with Crippen LogP contribution in [0.1, 0.15) is 32.6 Å². The summed E-state index contributed by atoms with van der Waals surface area (Å²) in [5.41, 5.74) is 0. The van der Waals surface area contributed by atoms with Crippen molar-refractivity contribution in [3.8, 4) is 0 Å². The Morgan fingerprint density at radius 1 is 1.29 bits per heavy atom. The summed E-state index contributed by atoms with van der Waals surface area (Å²) in [5.74, 6) is 0. The zero-order chi connectivity index (χ0) is 12.1. The predicted molar refractivity (Wildman–Crippen MR) is 71.2 cm³/mol. The Kier molecular flexibility index (Phi) is 5.01. The molecule has 0 radical (unpaired) electrons. The fourth-order valence-electron chi connectivity index (χ4n) is 2.61. The molecule has 2 fully saturated rings. The maximum Gasteiger partial charge on any atom is 0.0707 e. The first kappa shape index (κ1) is 13.1. The molecule has 1 saturated carbocycles. The summed E-state index contributed by atoms with van der Waals surface area (Å²) < 4.78 is 6.08. The number of likely N-dealkylation sites (N-methyl/N-ethyl adjacent to an activating group) is 1. The summed E-state index contributed by atoms with van der Waals surface area (Å²) in [6.07, 6.45) is 8.05. The normalized spacial score (nSPS) is 28.8. The fraction of sp³-hybridized carbons (Fsp3) is 0.857. The highest BCUT2D eigenvalue weighted by Crippen LogP contribution is 2.29. The van der Waals surface area contributed by atoms with Crippen molar-refractivity contribution in [2.24, 2.45) is 0 Å². The molecule has 1 heterocycles. The lowest BCUT2D eigenvalue weighted by molar-refractivity contribution is 0.0241. The van der Waals surface area contributed by atoms with Crippen LogP contribution in [0.25, 0.3) is 0 Å². The van der Waals surface area contributed by atoms with Crippen molar-refractivity contribution in [2.75, 3.05) is 26.2 Å². The lowest BCUT2D eigenvalue weighted by atomic mass is 10.2. The molecular weight excluding hydrogens is 212 g/mol. The molecule has 2 aliphatic rings. The van der Waals surface area contributed by atoms with Gasteiger partial charge in [-0.15, -0.1) is 6.58 Å². The van der Waals surface area contributed by atoms with Gasteiger partial charge in [-0.2, -0.15) is 0 Å². The number of nitrogens with one attached hydrogen (secondary N) is 1. The van der Waals surface area contributed by atoms with Crippen molar-refractivity contribution in [2.45, 2.75) is 50.9 Å². The molecule has 3 nitrogen and oxygen atoms in total. The summed E-state index contributed by atoms with van der Waals surface area (Å²) in [7, 11) is 0. The lowest BCUT2D eigenvalue weighted by Crippen LogP contribution is -2.35. The van der Waals surface area contributed by atoms with Gasteiger partial charge in [-0.05, 0) is 32.2 Å². The maximum absolute atomic E-state index is 6.08. The van der Waals surface area contributed by atoms with Crippen LogP contribution in [0.4, 0.5) is 0 Å². The Hall–Kier alpha value is -0.380. The molecule has 3 heteroatoms. The van der Waals surface area contributed by atoms with Crippen LogP contribution in [-0.2, 0) is 4.74 Å². The van der Waals surface area contributed by atoms with E-state index in [-0.39, 0.29) is 0 Å². The van der Waals surface area contributed by atoms with Crippen LogP contribution in [-0.4, -0.2) is 49.3 Å². The summed E-state index contributed by atoms with van der Waals surface area (Å²) in [5, 5.41) is 3.37. The zero-order valence-corrected chi connectivity index (χ0v) is 11.0. The summed E-state index contributed by atoms with van der Waals surface area (Å²) in [6.45, 7) is 10.2. The Bertz CT molecular complexity index is 240. The third-order valence-corrected chi connectivity index (χ3v) is 3.68. The van der Waals surface area contributed by atoms with Gasteiger partial charge in [0.2, 0.25) is 0 Å².